The lowest BCUT2D eigenvalue weighted by Gasteiger charge is -2.29. The van der Waals surface area contributed by atoms with Gasteiger partial charge in [-0.3, -0.25) is 4.79 Å². The summed E-state index contributed by atoms with van der Waals surface area (Å²) >= 11 is 0. The Bertz CT molecular complexity index is 967. The first-order valence-corrected chi connectivity index (χ1v) is 12.0. The molecule has 168 valence electrons. The van der Waals surface area contributed by atoms with Gasteiger partial charge in [-0.1, -0.05) is 19.1 Å². The molecule has 0 aromatic heterocycles. The Kier molecular flexibility index (Phi) is 7.69. The number of nitrogens with one attached hydrogen (secondary N) is 1. The van der Waals surface area contributed by atoms with Gasteiger partial charge in [-0.15, -0.1) is 0 Å². The van der Waals surface area contributed by atoms with Crippen molar-refractivity contribution >= 4 is 15.9 Å². The number of likely N-dealkylation sites (tertiary alicyclic amines) is 1. The van der Waals surface area contributed by atoms with Gasteiger partial charge in [0.1, 0.15) is 5.75 Å². The number of sulfonamides is 1. The quantitative estimate of drug-likeness (QED) is 0.676. The van der Waals surface area contributed by atoms with E-state index >= 15 is 0 Å². The Morgan fingerprint density at radius 2 is 1.71 bits per heavy atom. The summed E-state index contributed by atoms with van der Waals surface area (Å²) in [4.78, 5) is 15.0. The zero-order valence-electron chi connectivity index (χ0n) is 18.4. The summed E-state index contributed by atoms with van der Waals surface area (Å²) in [5.74, 6) is 0.524. The van der Waals surface area contributed by atoms with Crippen molar-refractivity contribution in [1.82, 2.24) is 14.5 Å². The Hall–Kier alpha value is -2.42. The average Bonchev–Trinajstić information content (AvgIpc) is 2.79. The molecule has 1 aliphatic rings. The van der Waals surface area contributed by atoms with E-state index in [0.717, 1.165) is 31.5 Å². The molecule has 8 heteroatoms. The molecule has 0 saturated carbocycles. The van der Waals surface area contributed by atoms with Crippen LogP contribution in [0.1, 0.15) is 35.7 Å². The van der Waals surface area contributed by atoms with Crippen LogP contribution in [-0.4, -0.2) is 63.4 Å². The van der Waals surface area contributed by atoms with Crippen LogP contribution in [0.4, 0.5) is 0 Å². The summed E-state index contributed by atoms with van der Waals surface area (Å²) in [5.41, 5.74) is 1.42. The molecule has 1 heterocycles. The highest BCUT2D eigenvalue weighted by atomic mass is 32.2. The number of nitrogens with zero attached hydrogens (tertiary/aromatic N) is 2. The fourth-order valence-electron chi connectivity index (χ4n) is 3.65. The number of hydrogen-bond acceptors (Lipinski definition) is 5. The van der Waals surface area contributed by atoms with Gasteiger partial charge < -0.3 is 15.0 Å². The maximum Gasteiger partial charge on any atom is 0.251 e. The number of piperidine rings is 1. The molecule has 1 aliphatic heterocycles. The molecule has 31 heavy (non-hydrogen) atoms. The van der Waals surface area contributed by atoms with Gasteiger partial charge in [-0.05, 0) is 74.9 Å². The van der Waals surface area contributed by atoms with E-state index in [9.17, 15) is 13.2 Å². The van der Waals surface area contributed by atoms with Crippen LogP contribution in [0.15, 0.2) is 53.4 Å². The third-order valence-corrected chi connectivity index (χ3v) is 7.61. The highest BCUT2D eigenvalue weighted by molar-refractivity contribution is 7.89. The average molecular weight is 446 g/mol. The van der Waals surface area contributed by atoms with Crippen LogP contribution in [0, 0.1) is 0 Å². The first-order chi connectivity index (χ1) is 14.8. The van der Waals surface area contributed by atoms with Gasteiger partial charge in [-0.2, -0.15) is 4.31 Å². The van der Waals surface area contributed by atoms with Gasteiger partial charge in [0.25, 0.3) is 5.91 Å². The number of ether oxygens (including phenoxy) is 1. The largest absolute Gasteiger partial charge is 0.497 e. The first kappa shape index (κ1) is 23.2. The molecule has 0 aliphatic carbocycles. The van der Waals surface area contributed by atoms with Crippen LogP contribution in [0.25, 0.3) is 0 Å². The number of rotatable bonds is 8. The van der Waals surface area contributed by atoms with E-state index in [4.69, 9.17) is 4.74 Å². The molecular formula is C23H31N3O4S. The van der Waals surface area contributed by atoms with Crippen LogP contribution in [0.5, 0.6) is 5.75 Å². The van der Waals surface area contributed by atoms with E-state index in [1.165, 1.54) is 4.31 Å². The zero-order chi connectivity index (χ0) is 22.4. The third kappa shape index (κ3) is 5.84. The fraction of sp³-hybridized carbons (Fsp3) is 0.435. The van der Waals surface area contributed by atoms with Crippen molar-refractivity contribution < 1.29 is 17.9 Å². The van der Waals surface area contributed by atoms with Crippen LogP contribution < -0.4 is 10.1 Å². The molecule has 1 N–H and O–H groups in total. The number of benzene rings is 2. The molecule has 2 aromatic carbocycles. The molecule has 1 saturated heterocycles. The number of methoxy groups -OCH3 is 1. The van der Waals surface area contributed by atoms with Crippen molar-refractivity contribution in [2.75, 3.05) is 33.8 Å². The van der Waals surface area contributed by atoms with Crippen molar-refractivity contribution in [2.24, 2.45) is 0 Å². The highest BCUT2D eigenvalue weighted by Gasteiger charge is 2.24. The van der Waals surface area contributed by atoms with Gasteiger partial charge in [0.2, 0.25) is 10.0 Å². The van der Waals surface area contributed by atoms with Crippen LogP contribution >= 0.6 is 0 Å². The second-order valence-corrected chi connectivity index (χ2v) is 9.79. The molecule has 0 radical (unpaired) electrons. The number of amides is 1. The Balaban J connectivity index is 1.65. The standard InChI is InChI=1S/C23H31N3O4S/c1-4-26(31(28,29)22-11-9-21(30-3)10-12-22)17-18-5-7-19(8-6-18)23(27)24-20-13-15-25(2)16-14-20/h5-12,20H,4,13-17H2,1-3H3,(H,24,27). The number of hydrogen-bond donors (Lipinski definition) is 1. The Labute approximate surface area is 185 Å². The van der Waals surface area contributed by atoms with Crippen molar-refractivity contribution in [1.29, 1.82) is 0 Å². The minimum atomic E-state index is -3.63. The maximum absolute atomic E-state index is 13.0. The minimum Gasteiger partial charge on any atom is -0.497 e. The first-order valence-electron chi connectivity index (χ1n) is 10.6. The van der Waals surface area contributed by atoms with Gasteiger partial charge in [0, 0.05) is 24.7 Å². The molecule has 0 bridgehead atoms. The summed E-state index contributed by atoms with van der Waals surface area (Å²) in [6.45, 7) is 4.36. The van der Waals surface area contributed by atoms with E-state index in [-0.39, 0.29) is 23.4 Å². The van der Waals surface area contributed by atoms with Crippen LogP contribution in [-0.2, 0) is 16.6 Å². The minimum absolute atomic E-state index is 0.0840. The van der Waals surface area contributed by atoms with Crippen molar-refractivity contribution in [2.45, 2.75) is 37.2 Å². The lowest BCUT2D eigenvalue weighted by atomic mass is 10.0. The third-order valence-electron chi connectivity index (χ3n) is 5.68. The topological polar surface area (TPSA) is 79.0 Å². The smallest absolute Gasteiger partial charge is 0.251 e. The second-order valence-electron chi connectivity index (χ2n) is 7.85. The van der Waals surface area contributed by atoms with Crippen LogP contribution in [0.2, 0.25) is 0 Å². The predicted molar refractivity (Wildman–Crippen MR) is 121 cm³/mol. The lowest BCUT2D eigenvalue weighted by molar-refractivity contribution is 0.0917. The molecule has 2 aromatic rings. The normalized spacial score (nSPS) is 15.7. The Morgan fingerprint density at radius 3 is 2.26 bits per heavy atom. The zero-order valence-corrected chi connectivity index (χ0v) is 19.2. The van der Waals surface area contributed by atoms with E-state index in [1.807, 2.05) is 19.1 Å². The molecule has 3 rings (SSSR count). The van der Waals surface area contributed by atoms with Crippen molar-refractivity contribution in [3.8, 4) is 5.75 Å². The van der Waals surface area contributed by atoms with Gasteiger partial charge in [-0.25, -0.2) is 8.42 Å². The molecule has 1 amide bonds. The van der Waals surface area contributed by atoms with Crippen molar-refractivity contribution in [3.05, 3.63) is 59.7 Å². The summed E-state index contributed by atoms with van der Waals surface area (Å²) in [5, 5.41) is 3.10. The highest BCUT2D eigenvalue weighted by Crippen LogP contribution is 2.21. The number of carbonyl (C=O) groups is 1. The van der Waals surface area contributed by atoms with Crippen molar-refractivity contribution in [3.63, 3.8) is 0 Å². The summed E-state index contributed by atoms with van der Waals surface area (Å²) in [6, 6.07) is 13.7. The predicted octanol–water partition coefficient (Wildman–Crippen LogP) is 2.73. The van der Waals surface area contributed by atoms with E-state index in [1.54, 1.807) is 43.5 Å². The van der Waals surface area contributed by atoms with Gasteiger partial charge >= 0.3 is 0 Å². The molecular weight excluding hydrogens is 414 g/mol. The van der Waals surface area contributed by atoms with E-state index < -0.39 is 10.0 Å². The summed E-state index contributed by atoms with van der Waals surface area (Å²) in [6.07, 6.45) is 1.91. The maximum atomic E-state index is 13.0. The molecule has 0 spiro atoms. The second kappa shape index (κ2) is 10.3. The summed E-state index contributed by atoms with van der Waals surface area (Å²) in [7, 11) is -0.000242. The van der Waals surface area contributed by atoms with Crippen LogP contribution in [0.3, 0.4) is 0 Å². The molecule has 0 atom stereocenters. The SMILES string of the molecule is CCN(Cc1ccc(C(=O)NC2CCN(C)CC2)cc1)S(=O)(=O)c1ccc(OC)cc1. The van der Waals surface area contributed by atoms with Gasteiger partial charge in [0.15, 0.2) is 0 Å². The van der Waals surface area contributed by atoms with E-state index in [0.29, 0.717) is 17.9 Å². The lowest BCUT2D eigenvalue weighted by Crippen LogP contribution is -2.43. The Morgan fingerprint density at radius 1 is 1.10 bits per heavy atom. The van der Waals surface area contributed by atoms with E-state index in [2.05, 4.69) is 17.3 Å². The summed E-state index contributed by atoms with van der Waals surface area (Å²) < 4.78 is 32.5. The molecule has 7 nitrogen and oxygen atoms in total. The van der Waals surface area contributed by atoms with Gasteiger partial charge in [0.05, 0.1) is 12.0 Å². The number of carbonyl (C=O) groups excluding carboxylic acids is 1. The molecule has 1 fully saturated rings. The molecule has 0 unspecified atom stereocenters. The fourth-order valence-corrected chi connectivity index (χ4v) is 5.09. The monoisotopic (exact) mass is 445 g/mol.